The molecule has 0 fully saturated rings. The zero-order valence-corrected chi connectivity index (χ0v) is 15.4. The number of hydrogen-bond donors (Lipinski definition) is 1. The van der Waals surface area contributed by atoms with Crippen LogP contribution in [-0.4, -0.2) is 43.9 Å². The molecule has 8 heteroatoms. The fourth-order valence-corrected chi connectivity index (χ4v) is 2.90. The predicted octanol–water partition coefficient (Wildman–Crippen LogP) is 2.49. The van der Waals surface area contributed by atoms with Crippen LogP contribution in [0.25, 0.3) is 22.6 Å². The standard InChI is InChI=1S/C18H22N6O2/c1-5-8-13(18(25)26-4)20-16-14-11(2)23-24(3)17(14)22-15(21-16)12-9-6-7-10-19-12/h6-7,9-10,13H,5,8H2,1-4H3,(H,20,21,22)/t13-/m0/s1. The van der Waals surface area contributed by atoms with Crippen LogP contribution in [0, 0.1) is 6.92 Å². The van der Waals surface area contributed by atoms with Crippen LogP contribution in [-0.2, 0) is 16.6 Å². The molecule has 0 aliphatic carbocycles. The molecule has 3 aromatic heterocycles. The summed E-state index contributed by atoms with van der Waals surface area (Å²) < 4.78 is 6.63. The van der Waals surface area contributed by atoms with Gasteiger partial charge in [0, 0.05) is 13.2 Å². The molecule has 0 aromatic carbocycles. The van der Waals surface area contributed by atoms with Gasteiger partial charge < -0.3 is 10.1 Å². The molecule has 0 bridgehead atoms. The third kappa shape index (κ3) is 3.35. The molecule has 0 unspecified atom stereocenters. The number of esters is 1. The Morgan fingerprint density at radius 1 is 1.35 bits per heavy atom. The fourth-order valence-electron chi connectivity index (χ4n) is 2.90. The minimum absolute atomic E-state index is 0.320. The maximum absolute atomic E-state index is 12.1. The predicted molar refractivity (Wildman–Crippen MR) is 98.6 cm³/mol. The average Bonchev–Trinajstić information content (AvgIpc) is 2.95. The Morgan fingerprint density at radius 2 is 2.15 bits per heavy atom. The zero-order valence-electron chi connectivity index (χ0n) is 15.4. The minimum atomic E-state index is -0.487. The number of methoxy groups -OCH3 is 1. The van der Waals surface area contributed by atoms with Gasteiger partial charge in [-0.1, -0.05) is 19.4 Å². The molecule has 0 spiro atoms. The van der Waals surface area contributed by atoms with Crippen LogP contribution in [0.3, 0.4) is 0 Å². The third-order valence-corrected chi connectivity index (χ3v) is 4.13. The SMILES string of the molecule is CCC[C@H](Nc1nc(-c2ccccn2)nc2c1c(C)nn2C)C(=O)OC. The number of nitrogens with zero attached hydrogens (tertiary/aromatic N) is 5. The molecule has 26 heavy (non-hydrogen) atoms. The van der Waals surface area contributed by atoms with E-state index >= 15 is 0 Å². The van der Waals surface area contributed by atoms with E-state index in [-0.39, 0.29) is 5.97 Å². The number of anilines is 1. The van der Waals surface area contributed by atoms with Crippen LogP contribution in [0.2, 0.25) is 0 Å². The van der Waals surface area contributed by atoms with Crippen molar-refractivity contribution in [2.75, 3.05) is 12.4 Å². The van der Waals surface area contributed by atoms with Gasteiger partial charge in [0.1, 0.15) is 17.6 Å². The Labute approximate surface area is 151 Å². The van der Waals surface area contributed by atoms with Gasteiger partial charge in [-0.3, -0.25) is 9.67 Å². The molecule has 0 saturated carbocycles. The number of rotatable bonds is 6. The van der Waals surface area contributed by atoms with Gasteiger partial charge in [0.2, 0.25) is 0 Å². The van der Waals surface area contributed by atoms with E-state index in [1.165, 1.54) is 7.11 Å². The van der Waals surface area contributed by atoms with Crippen LogP contribution < -0.4 is 5.32 Å². The molecular weight excluding hydrogens is 332 g/mol. The van der Waals surface area contributed by atoms with Crippen molar-refractivity contribution in [2.24, 2.45) is 7.05 Å². The van der Waals surface area contributed by atoms with E-state index in [4.69, 9.17) is 4.74 Å². The number of pyridine rings is 1. The van der Waals surface area contributed by atoms with E-state index in [0.29, 0.717) is 29.4 Å². The van der Waals surface area contributed by atoms with Crippen molar-refractivity contribution in [3.8, 4) is 11.5 Å². The van der Waals surface area contributed by atoms with Crippen LogP contribution in [0.4, 0.5) is 5.82 Å². The first-order valence-electron chi connectivity index (χ1n) is 8.52. The number of hydrogen-bond acceptors (Lipinski definition) is 7. The molecule has 0 aliphatic heterocycles. The molecule has 1 N–H and O–H groups in total. The monoisotopic (exact) mass is 354 g/mol. The van der Waals surface area contributed by atoms with Crippen LogP contribution >= 0.6 is 0 Å². The number of nitrogens with one attached hydrogen (secondary N) is 1. The van der Waals surface area contributed by atoms with Gasteiger partial charge in [-0.05, 0) is 25.5 Å². The first-order chi connectivity index (χ1) is 12.5. The molecule has 136 valence electrons. The molecule has 1 atom stereocenters. The summed E-state index contributed by atoms with van der Waals surface area (Å²) in [5.41, 5.74) is 2.12. The molecule has 3 aromatic rings. The smallest absolute Gasteiger partial charge is 0.328 e. The molecule has 0 saturated heterocycles. The first-order valence-corrected chi connectivity index (χ1v) is 8.52. The van der Waals surface area contributed by atoms with Crippen LogP contribution in [0.5, 0.6) is 0 Å². The summed E-state index contributed by atoms with van der Waals surface area (Å²) in [5, 5.41) is 8.46. The van der Waals surface area contributed by atoms with Crippen molar-refractivity contribution in [1.82, 2.24) is 24.7 Å². The number of carbonyl (C=O) groups excluding carboxylic acids is 1. The minimum Gasteiger partial charge on any atom is -0.467 e. The van der Waals surface area contributed by atoms with E-state index in [0.717, 1.165) is 17.5 Å². The lowest BCUT2D eigenvalue weighted by Crippen LogP contribution is -2.31. The Bertz CT molecular complexity index is 922. The molecule has 3 heterocycles. The van der Waals surface area contributed by atoms with E-state index in [2.05, 4.69) is 25.4 Å². The molecule has 8 nitrogen and oxygen atoms in total. The molecule has 3 rings (SSSR count). The lowest BCUT2D eigenvalue weighted by Gasteiger charge is -2.17. The van der Waals surface area contributed by atoms with Gasteiger partial charge in [-0.2, -0.15) is 5.10 Å². The van der Waals surface area contributed by atoms with Gasteiger partial charge in [0.15, 0.2) is 11.5 Å². The van der Waals surface area contributed by atoms with Crippen molar-refractivity contribution in [3.63, 3.8) is 0 Å². The zero-order chi connectivity index (χ0) is 18.7. The van der Waals surface area contributed by atoms with Crippen LogP contribution in [0.1, 0.15) is 25.5 Å². The summed E-state index contributed by atoms with van der Waals surface area (Å²) in [6, 6.07) is 5.08. The summed E-state index contributed by atoms with van der Waals surface area (Å²) in [6.45, 7) is 3.91. The topological polar surface area (TPSA) is 94.8 Å². The van der Waals surface area contributed by atoms with Crippen LogP contribution in [0.15, 0.2) is 24.4 Å². The average molecular weight is 354 g/mol. The summed E-state index contributed by atoms with van der Waals surface area (Å²) >= 11 is 0. The largest absolute Gasteiger partial charge is 0.467 e. The highest BCUT2D eigenvalue weighted by Gasteiger charge is 2.23. The highest BCUT2D eigenvalue weighted by atomic mass is 16.5. The maximum atomic E-state index is 12.1. The van der Waals surface area contributed by atoms with Crippen molar-refractivity contribution >= 4 is 22.8 Å². The quantitative estimate of drug-likeness (QED) is 0.680. The Hall–Kier alpha value is -3.03. The maximum Gasteiger partial charge on any atom is 0.328 e. The number of aryl methyl sites for hydroxylation is 2. The van der Waals surface area contributed by atoms with Crippen molar-refractivity contribution in [1.29, 1.82) is 0 Å². The van der Waals surface area contributed by atoms with E-state index in [9.17, 15) is 4.79 Å². The van der Waals surface area contributed by atoms with E-state index in [1.54, 1.807) is 10.9 Å². The van der Waals surface area contributed by atoms with Crippen molar-refractivity contribution < 1.29 is 9.53 Å². The molecular formula is C18H22N6O2. The summed E-state index contributed by atoms with van der Waals surface area (Å²) in [5.74, 6) is 0.716. The highest BCUT2D eigenvalue weighted by Crippen LogP contribution is 2.27. The summed E-state index contributed by atoms with van der Waals surface area (Å²) in [4.78, 5) is 25.7. The number of ether oxygens (including phenoxy) is 1. The third-order valence-electron chi connectivity index (χ3n) is 4.13. The Kier molecular flexibility index (Phi) is 5.11. The molecule has 0 radical (unpaired) electrons. The fraction of sp³-hybridized carbons (Fsp3) is 0.389. The van der Waals surface area contributed by atoms with E-state index in [1.807, 2.05) is 39.1 Å². The van der Waals surface area contributed by atoms with Gasteiger partial charge in [-0.15, -0.1) is 0 Å². The van der Waals surface area contributed by atoms with Gasteiger partial charge >= 0.3 is 5.97 Å². The number of aromatic nitrogens is 5. The van der Waals surface area contributed by atoms with Gasteiger partial charge in [0.25, 0.3) is 0 Å². The Balaban J connectivity index is 2.14. The molecule has 0 amide bonds. The lowest BCUT2D eigenvalue weighted by molar-refractivity contribution is -0.141. The second-order valence-electron chi connectivity index (χ2n) is 6.03. The first kappa shape index (κ1) is 17.8. The number of carbonyl (C=O) groups is 1. The second kappa shape index (κ2) is 7.47. The number of fused-ring (bicyclic) bond motifs is 1. The lowest BCUT2D eigenvalue weighted by atomic mass is 10.1. The second-order valence-corrected chi connectivity index (χ2v) is 6.03. The van der Waals surface area contributed by atoms with Gasteiger partial charge in [0.05, 0.1) is 18.2 Å². The van der Waals surface area contributed by atoms with Gasteiger partial charge in [-0.25, -0.2) is 14.8 Å². The van der Waals surface area contributed by atoms with Crippen molar-refractivity contribution in [2.45, 2.75) is 32.7 Å². The normalized spacial score (nSPS) is 12.2. The Morgan fingerprint density at radius 3 is 2.81 bits per heavy atom. The van der Waals surface area contributed by atoms with Crippen molar-refractivity contribution in [3.05, 3.63) is 30.1 Å². The molecule has 0 aliphatic rings. The summed E-state index contributed by atoms with van der Waals surface area (Å²) in [6.07, 6.45) is 3.16. The summed E-state index contributed by atoms with van der Waals surface area (Å²) in [7, 11) is 3.22. The van der Waals surface area contributed by atoms with E-state index < -0.39 is 6.04 Å². The highest BCUT2D eigenvalue weighted by molar-refractivity contribution is 5.92.